The number of para-hydroxylation sites is 1. The van der Waals surface area contributed by atoms with Gasteiger partial charge in [0, 0.05) is 11.6 Å². The van der Waals surface area contributed by atoms with Gasteiger partial charge in [0.15, 0.2) is 0 Å². The lowest BCUT2D eigenvalue weighted by molar-refractivity contribution is -0.0506. The van der Waals surface area contributed by atoms with Gasteiger partial charge >= 0.3 is 6.61 Å². The molecular formula is C11H14ClF2NO. The summed E-state index contributed by atoms with van der Waals surface area (Å²) in [4.78, 5) is 0. The molecule has 2 N–H and O–H groups in total. The summed E-state index contributed by atoms with van der Waals surface area (Å²) in [5.74, 6) is 0.624. The Balaban J connectivity index is 0.00000128. The minimum Gasteiger partial charge on any atom is -0.434 e. The van der Waals surface area contributed by atoms with Crippen LogP contribution in [0.4, 0.5) is 8.78 Å². The summed E-state index contributed by atoms with van der Waals surface area (Å²) in [5, 5.41) is 0. The summed E-state index contributed by atoms with van der Waals surface area (Å²) in [5.41, 5.74) is 6.63. The van der Waals surface area contributed by atoms with Gasteiger partial charge in [-0.15, -0.1) is 12.4 Å². The van der Waals surface area contributed by atoms with E-state index in [9.17, 15) is 8.78 Å². The van der Waals surface area contributed by atoms with Crippen LogP contribution in [0.2, 0.25) is 0 Å². The largest absolute Gasteiger partial charge is 0.434 e. The van der Waals surface area contributed by atoms with Gasteiger partial charge in [-0.3, -0.25) is 0 Å². The number of benzene rings is 1. The molecule has 0 radical (unpaired) electrons. The van der Waals surface area contributed by atoms with Crippen LogP contribution in [0, 0.1) is 5.92 Å². The van der Waals surface area contributed by atoms with Gasteiger partial charge in [-0.05, 0) is 24.8 Å². The van der Waals surface area contributed by atoms with Crippen LogP contribution in [0.25, 0.3) is 0 Å². The molecule has 0 aliphatic heterocycles. The minimum atomic E-state index is -2.79. The van der Waals surface area contributed by atoms with E-state index in [1.165, 1.54) is 6.07 Å². The maximum Gasteiger partial charge on any atom is 0.387 e. The molecule has 1 fully saturated rings. The summed E-state index contributed by atoms with van der Waals surface area (Å²) in [6.45, 7) is -2.79. The van der Waals surface area contributed by atoms with E-state index in [0.29, 0.717) is 11.5 Å². The van der Waals surface area contributed by atoms with Crippen molar-refractivity contribution in [3.05, 3.63) is 29.8 Å². The Bertz CT molecular complexity index is 345. The molecule has 0 saturated heterocycles. The lowest BCUT2D eigenvalue weighted by atomic mass is 10.0. The highest BCUT2D eigenvalue weighted by Crippen LogP contribution is 2.42. The molecule has 0 bridgehead atoms. The third-order valence-electron chi connectivity index (χ3n) is 2.62. The number of hydrogen-bond donors (Lipinski definition) is 1. The molecule has 0 spiro atoms. The second-order valence-corrected chi connectivity index (χ2v) is 3.78. The topological polar surface area (TPSA) is 35.2 Å². The molecule has 2 nitrogen and oxygen atoms in total. The lowest BCUT2D eigenvalue weighted by Gasteiger charge is -2.15. The Labute approximate surface area is 99.2 Å². The van der Waals surface area contributed by atoms with Gasteiger partial charge < -0.3 is 10.5 Å². The van der Waals surface area contributed by atoms with Crippen LogP contribution >= 0.6 is 12.4 Å². The van der Waals surface area contributed by atoms with E-state index in [1.807, 2.05) is 0 Å². The Kier molecular flexibility index (Phi) is 4.50. The first-order valence-corrected chi connectivity index (χ1v) is 4.98. The van der Waals surface area contributed by atoms with Crippen LogP contribution in [0.5, 0.6) is 5.75 Å². The minimum absolute atomic E-state index is 0. The van der Waals surface area contributed by atoms with Crippen LogP contribution in [0.1, 0.15) is 24.4 Å². The average molecular weight is 250 g/mol. The molecule has 0 amide bonds. The fourth-order valence-corrected chi connectivity index (χ4v) is 1.67. The highest BCUT2D eigenvalue weighted by Gasteiger charge is 2.31. The van der Waals surface area contributed by atoms with E-state index in [-0.39, 0.29) is 24.2 Å². The first-order chi connectivity index (χ1) is 7.18. The van der Waals surface area contributed by atoms with Crippen molar-refractivity contribution in [2.24, 2.45) is 11.7 Å². The third-order valence-corrected chi connectivity index (χ3v) is 2.62. The van der Waals surface area contributed by atoms with Crippen molar-refractivity contribution in [1.29, 1.82) is 0 Å². The molecular weight excluding hydrogens is 236 g/mol. The van der Waals surface area contributed by atoms with Crippen molar-refractivity contribution in [3.63, 3.8) is 0 Å². The zero-order valence-corrected chi connectivity index (χ0v) is 9.42. The van der Waals surface area contributed by atoms with E-state index in [0.717, 1.165) is 12.8 Å². The Morgan fingerprint density at radius 3 is 2.44 bits per heavy atom. The molecule has 5 heteroatoms. The van der Waals surface area contributed by atoms with E-state index in [4.69, 9.17) is 5.73 Å². The maximum atomic E-state index is 12.1. The Hall–Kier alpha value is -0.870. The molecule has 1 atom stereocenters. The smallest absolute Gasteiger partial charge is 0.387 e. The van der Waals surface area contributed by atoms with Crippen LogP contribution in [0.3, 0.4) is 0 Å². The van der Waals surface area contributed by atoms with Gasteiger partial charge in [0.25, 0.3) is 0 Å². The Morgan fingerprint density at radius 1 is 1.25 bits per heavy atom. The van der Waals surface area contributed by atoms with Crippen molar-refractivity contribution in [3.8, 4) is 5.75 Å². The zero-order chi connectivity index (χ0) is 10.8. The van der Waals surface area contributed by atoms with Gasteiger partial charge in [0.1, 0.15) is 5.75 Å². The molecule has 90 valence electrons. The number of rotatable bonds is 4. The molecule has 1 aliphatic rings. The number of ether oxygens (including phenoxy) is 1. The molecule has 1 aromatic rings. The SMILES string of the molecule is Cl.N[C@H](c1ccccc1OC(F)F)C1CC1. The summed E-state index contributed by atoms with van der Waals surface area (Å²) >= 11 is 0. The normalized spacial score (nSPS) is 16.8. The third kappa shape index (κ3) is 3.06. The van der Waals surface area contributed by atoms with Crippen molar-refractivity contribution in [1.82, 2.24) is 0 Å². The molecule has 0 heterocycles. The monoisotopic (exact) mass is 249 g/mol. The zero-order valence-electron chi connectivity index (χ0n) is 8.61. The molecule has 0 unspecified atom stereocenters. The molecule has 2 rings (SSSR count). The summed E-state index contributed by atoms with van der Waals surface area (Å²) in [6.07, 6.45) is 2.15. The van der Waals surface area contributed by atoms with E-state index in [1.54, 1.807) is 18.2 Å². The van der Waals surface area contributed by atoms with Crippen molar-refractivity contribution in [2.45, 2.75) is 25.5 Å². The lowest BCUT2D eigenvalue weighted by Crippen LogP contribution is -2.15. The van der Waals surface area contributed by atoms with Crippen LogP contribution in [-0.4, -0.2) is 6.61 Å². The van der Waals surface area contributed by atoms with E-state index < -0.39 is 6.61 Å². The number of nitrogens with two attached hydrogens (primary N) is 1. The summed E-state index contributed by atoms with van der Waals surface area (Å²) < 4.78 is 28.7. The van der Waals surface area contributed by atoms with E-state index in [2.05, 4.69) is 4.74 Å². The standard InChI is InChI=1S/C11H13F2NO.ClH/c12-11(13)15-9-4-2-1-3-8(9)10(14)7-5-6-7;/h1-4,7,10-11H,5-6,14H2;1H/t10-;/m0./s1. The van der Waals surface area contributed by atoms with Crippen LogP contribution in [-0.2, 0) is 0 Å². The molecule has 1 aromatic carbocycles. The first kappa shape index (κ1) is 13.2. The van der Waals surface area contributed by atoms with Crippen LogP contribution < -0.4 is 10.5 Å². The fourth-order valence-electron chi connectivity index (χ4n) is 1.67. The summed E-state index contributed by atoms with van der Waals surface area (Å²) in [6, 6.07) is 6.56. The predicted molar refractivity (Wildman–Crippen MR) is 60.0 cm³/mol. The Morgan fingerprint density at radius 2 is 1.88 bits per heavy atom. The second-order valence-electron chi connectivity index (χ2n) is 3.78. The van der Waals surface area contributed by atoms with Crippen molar-refractivity contribution >= 4 is 12.4 Å². The van der Waals surface area contributed by atoms with Gasteiger partial charge in [-0.1, -0.05) is 18.2 Å². The van der Waals surface area contributed by atoms with Gasteiger partial charge in [0.05, 0.1) is 0 Å². The molecule has 0 aromatic heterocycles. The highest BCUT2D eigenvalue weighted by molar-refractivity contribution is 5.85. The quantitative estimate of drug-likeness (QED) is 0.890. The van der Waals surface area contributed by atoms with Crippen molar-refractivity contribution in [2.75, 3.05) is 0 Å². The average Bonchev–Trinajstić information content (AvgIpc) is 3.00. The highest BCUT2D eigenvalue weighted by atomic mass is 35.5. The van der Waals surface area contributed by atoms with E-state index >= 15 is 0 Å². The van der Waals surface area contributed by atoms with Crippen LogP contribution in [0.15, 0.2) is 24.3 Å². The second kappa shape index (κ2) is 5.46. The van der Waals surface area contributed by atoms with Gasteiger partial charge in [0.2, 0.25) is 0 Å². The number of halogens is 3. The number of hydrogen-bond acceptors (Lipinski definition) is 2. The molecule has 16 heavy (non-hydrogen) atoms. The number of alkyl halides is 2. The fraction of sp³-hybridized carbons (Fsp3) is 0.455. The van der Waals surface area contributed by atoms with Crippen molar-refractivity contribution < 1.29 is 13.5 Å². The van der Waals surface area contributed by atoms with Gasteiger partial charge in [-0.2, -0.15) is 8.78 Å². The predicted octanol–water partition coefficient (Wildman–Crippen LogP) is 3.12. The molecule has 1 aliphatic carbocycles. The maximum absolute atomic E-state index is 12.1. The molecule has 1 saturated carbocycles. The summed E-state index contributed by atoms with van der Waals surface area (Å²) in [7, 11) is 0. The first-order valence-electron chi connectivity index (χ1n) is 4.98. The van der Waals surface area contributed by atoms with Gasteiger partial charge in [-0.25, -0.2) is 0 Å².